The number of carbonyl (C=O) groups is 3. The molecular weight excluding hydrogens is 484 g/mol. The van der Waals surface area contributed by atoms with Gasteiger partial charge >= 0.3 is 5.97 Å². The van der Waals surface area contributed by atoms with E-state index in [-0.39, 0.29) is 36.4 Å². The maximum atomic E-state index is 14.7. The first-order chi connectivity index (χ1) is 17.7. The zero-order chi connectivity index (χ0) is 27.8. The zero-order valence-electron chi connectivity index (χ0n) is 23.2. The summed E-state index contributed by atoms with van der Waals surface area (Å²) in [7, 11) is 0. The number of ketones is 2. The standard InChI is InChI=1S/C31H40O7/c1-17-12-13-31(36)28(3,4)24(17)25(38-18(2)32)27(35)30(6)23(34)14-22-20(16-37-22)26(30)29(31,5)15-21(33)19-10-8-7-9-11-19/h7-11,20,22-23,25-26,34,36H,12-16H2,1-6H3/t20-,22-,23+,25-,26?,29+,30-,31+/m1/s1. The maximum absolute atomic E-state index is 14.7. The second kappa shape index (κ2) is 8.83. The summed E-state index contributed by atoms with van der Waals surface area (Å²) >= 11 is 0. The molecule has 1 saturated heterocycles. The number of esters is 1. The second-order valence-electron chi connectivity index (χ2n) is 13.0. The van der Waals surface area contributed by atoms with Crippen molar-refractivity contribution in [1.82, 2.24) is 0 Å². The predicted molar refractivity (Wildman–Crippen MR) is 140 cm³/mol. The molecule has 206 valence electrons. The molecule has 1 heterocycles. The number of carbonyl (C=O) groups excluding carboxylic acids is 3. The highest BCUT2D eigenvalue weighted by molar-refractivity contribution is 5.98. The molecule has 1 aromatic rings. The lowest BCUT2D eigenvalue weighted by atomic mass is 9.38. The molecule has 2 N–H and O–H groups in total. The molecule has 0 radical (unpaired) electrons. The lowest BCUT2D eigenvalue weighted by molar-refractivity contribution is -0.286. The molecule has 7 nitrogen and oxygen atoms in total. The summed E-state index contributed by atoms with van der Waals surface area (Å²) in [5.74, 6) is -1.78. The average Bonchev–Trinajstić information content (AvgIpc) is 2.84. The van der Waals surface area contributed by atoms with Gasteiger partial charge in [0.1, 0.15) is 0 Å². The van der Waals surface area contributed by atoms with Crippen LogP contribution in [0.3, 0.4) is 0 Å². The van der Waals surface area contributed by atoms with Crippen LogP contribution in [0.4, 0.5) is 0 Å². The number of Topliss-reactive ketones (excluding diaryl/α,β-unsaturated/α-hetero) is 2. The number of hydrogen-bond acceptors (Lipinski definition) is 7. The van der Waals surface area contributed by atoms with Gasteiger partial charge in [-0.25, -0.2) is 0 Å². The van der Waals surface area contributed by atoms with Gasteiger partial charge in [-0.2, -0.15) is 0 Å². The van der Waals surface area contributed by atoms with Crippen molar-refractivity contribution < 1.29 is 34.1 Å². The normalized spacial score (nSPS) is 41.7. The van der Waals surface area contributed by atoms with Crippen LogP contribution in [0.5, 0.6) is 0 Å². The molecule has 2 saturated carbocycles. The number of benzene rings is 1. The first-order valence-corrected chi connectivity index (χ1v) is 13.7. The summed E-state index contributed by atoms with van der Waals surface area (Å²) in [6.45, 7) is 11.1. The van der Waals surface area contributed by atoms with E-state index in [0.29, 0.717) is 30.6 Å². The minimum atomic E-state index is -1.44. The Labute approximate surface area is 224 Å². The van der Waals surface area contributed by atoms with Crippen molar-refractivity contribution in [3.63, 3.8) is 0 Å². The number of fused-ring (bicyclic) bond motifs is 5. The average molecular weight is 525 g/mol. The van der Waals surface area contributed by atoms with Gasteiger partial charge in [0.2, 0.25) is 0 Å². The molecular formula is C31H40O7. The Kier molecular flexibility index (Phi) is 6.33. The predicted octanol–water partition coefficient (Wildman–Crippen LogP) is 4.05. The van der Waals surface area contributed by atoms with E-state index in [0.717, 1.165) is 5.57 Å². The second-order valence-corrected chi connectivity index (χ2v) is 13.0. The number of aliphatic hydroxyl groups excluding tert-OH is 1. The third-order valence-corrected chi connectivity index (χ3v) is 10.8. The first-order valence-electron chi connectivity index (χ1n) is 13.7. The molecule has 7 heteroatoms. The van der Waals surface area contributed by atoms with Crippen molar-refractivity contribution in [2.24, 2.45) is 28.1 Å². The molecule has 0 spiro atoms. The summed E-state index contributed by atoms with van der Waals surface area (Å²) in [4.78, 5) is 40.9. The number of allylic oxidation sites excluding steroid dienone is 1. The van der Waals surface area contributed by atoms with Gasteiger partial charge in [-0.05, 0) is 38.2 Å². The van der Waals surface area contributed by atoms with E-state index in [4.69, 9.17) is 9.47 Å². The van der Waals surface area contributed by atoms with Crippen molar-refractivity contribution in [2.75, 3.05) is 6.61 Å². The first kappa shape index (κ1) is 27.2. The SMILES string of the molecule is CC(=O)O[C@H]1C(=O)[C@@]2(C)C([C@@H]3CO[C@@H]3C[C@@H]2O)[C@](C)(CC(=O)c2ccccc2)[C@]2(O)CCC(C)=C1C2(C)C. The van der Waals surface area contributed by atoms with Crippen molar-refractivity contribution in [2.45, 2.75) is 91.1 Å². The quantitative estimate of drug-likeness (QED) is 0.347. The van der Waals surface area contributed by atoms with Crippen LogP contribution in [0, 0.1) is 28.1 Å². The fourth-order valence-corrected chi connectivity index (χ4v) is 8.85. The smallest absolute Gasteiger partial charge is 0.303 e. The van der Waals surface area contributed by atoms with Crippen molar-refractivity contribution in [3.8, 4) is 0 Å². The monoisotopic (exact) mass is 524 g/mol. The largest absolute Gasteiger partial charge is 0.450 e. The fraction of sp³-hybridized carbons (Fsp3) is 0.645. The molecule has 3 aliphatic carbocycles. The van der Waals surface area contributed by atoms with Gasteiger partial charge in [0.25, 0.3) is 0 Å². The zero-order valence-corrected chi connectivity index (χ0v) is 23.2. The molecule has 38 heavy (non-hydrogen) atoms. The molecule has 0 amide bonds. The van der Waals surface area contributed by atoms with Crippen LogP contribution in [-0.4, -0.2) is 58.3 Å². The summed E-state index contributed by atoms with van der Waals surface area (Å²) in [6.07, 6.45) is -1.40. The molecule has 1 unspecified atom stereocenters. The Balaban J connectivity index is 1.79. The summed E-state index contributed by atoms with van der Waals surface area (Å²) in [6, 6.07) is 9.02. The maximum Gasteiger partial charge on any atom is 0.303 e. The summed E-state index contributed by atoms with van der Waals surface area (Å²) < 4.78 is 11.6. The molecule has 3 fully saturated rings. The Morgan fingerprint density at radius 2 is 1.79 bits per heavy atom. The summed E-state index contributed by atoms with van der Waals surface area (Å²) in [5, 5.41) is 24.6. The minimum absolute atomic E-state index is 0.00494. The van der Waals surface area contributed by atoms with Crippen LogP contribution >= 0.6 is 0 Å². The van der Waals surface area contributed by atoms with Gasteiger partial charge in [0, 0.05) is 42.1 Å². The van der Waals surface area contributed by atoms with E-state index >= 15 is 0 Å². The number of aliphatic hydroxyl groups is 2. The molecule has 0 aromatic heterocycles. The van der Waals surface area contributed by atoms with Crippen LogP contribution in [0.2, 0.25) is 0 Å². The van der Waals surface area contributed by atoms with E-state index in [2.05, 4.69) is 0 Å². The summed E-state index contributed by atoms with van der Waals surface area (Å²) in [5.41, 5.74) is -2.89. The lowest BCUT2D eigenvalue weighted by Crippen LogP contribution is -2.75. The number of rotatable bonds is 4. The van der Waals surface area contributed by atoms with E-state index in [1.165, 1.54) is 6.92 Å². The van der Waals surface area contributed by atoms with Crippen molar-refractivity contribution in [1.29, 1.82) is 0 Å². The van der Waals surface area contributed by atoms with Gasteiger partial charge < -0.3 is 19.7 Å². The highest BCUT2D eigenvalue weighted by Gasteiger charge is 2.74. The Hall–Kier alpha value is -2.35. The Bertz CT molecular complexity index is 1200. The highest BCUT2D eigenvalue weighted by atomic mass is 16.5. The van der Waals surface area contributed by atoms with Crippen LogP contribution in [0.1, 0.15) is 77.6 Å². The Morgan fingerprint density at radius 3 is 2.37 bits per heavy atom. The van der Waals surface area contributed by atoms with Crippen LogP contribution < -0.4 is 0 Å². The highest BCUT2D eigenvalue weighted by Crippen LogP contribution is 2.69. The third-order valence-electron chi connectivity index (χ3n) is 10.8. The van der Waals surface area contributed by atoms with Crippen molar-refractivity contribution >= 4 is 17.5 Å². The van der Waals surface area contributed by atoms with E-state index < -0.39 is 45.9 Å². The van der Waals surface area contributed by atoms with E-state index in [1.807, 2.05) is 45.9 Å². The van der Waals surface area contributed by atoms with Crippen LogP contribution in [0.25, 0.3) is 0 Å². The third kappa shape index (κ3) is 3.47. The Morgan fingerprint density at radius 1 is 1.13 bits per heavy atom. The topological polar surface area (TPSA) is 110 Å². The lowest BCUT2D eigenvalue weighted by Gasteiger charge is -2.69. The van der Waals surface area contributed by atoms with Gasteiger partial charge in [-0.15, -0.1) is 0 Å². The minimum Gasteiger partial charge on any atom is -0.450 e. The van der Waals surface area contributed by atoms with Crippen molar-refractivity contribution in [3.05, 3.63) is 47.0 Å². The molecule has 8 atom stereocenters. The van der Waals surface area contributed by atoms with E-state index in [1.54, 1.807) is 19.1 Å². The molecule has 4 aliphatic rings. The van der Waals surface area contributed by atoms with E-state index in [9.17, 15) is 24.6 Å². The number of hydrogen-bond donors (Lipinski definition) is 2. The van der Waals surface area contributed by atoms with Gasteiger partial charge in [0.15, 0.2) is 17.7 Å². The molecule has 1 aromatic carbocycles. The van der Waals surface area contributed by atoms with Crippen LogP contribution in [-0.2, 0) is 19.1 Å². The molecule has 1 aliphatic heterocycles. The van der Waals surface area contributed by atoms with Gasteiger partial charge in [-0.1, -0.05) is 56.7 Å². The fourth-order valence-electron chi connectivity index (χ4n) is 8.85. The number of ether oxygens (including phenoxy) is 2. The van der Waals surface area contributed by atoms with Gasteiger partial charge in [0.05, 0.1) is 29.8 Å². The molecule has 5 rings (SSSR count). The van der Waals surface area contributed by atoms with Crippen LogP contribution in [0.15, 0.2) is 41.5 Å². The van der Waals surface area contributed by atoms with Gasteiger partial charge in [-0.3, -0.25) is 14.4 Å². The molecule has 2 bridgehead atoms.